The molecule has 1 aromatic rings. The molecule has 0 aromatic carbocycles. The monoisotopic (exact) mass is 258 g/mol. The second-order valence-electron chi connectivity index (χ2n) is 3.85. The maximum Gasteiger partial charge on any atom is 0.108 e. The van der Waals surface area contributed by atoms with Gasteiger partial charge in [-0.2, -0.15) is 5.10 Å². The minimum Gasteiger partial charge on any atom is -0.271 e. The van der Waals surface area contributed by atoms with Crippen LogP contribution in [0.4, 0.5) is 0 Å². The lowest BCUT2D eigenvalue weighted by molar-refractivity contribution is 0.231. The van der Waals surface area contributed by atoms with Crippen molar-refractivity contribution in [1.29, 1.82) is 0 Å². The molecule has 0 bridgehead atoms. The van der Waals surface area contributed by atoms with Crippen LogP contribution in [-0.2, 0) is 7.05 Å². The van der Waals surface area contributed by atoms with Gasteiger partial charge < -0.3 is 0 Å². The van der Waals surface area contributed by atoms with E-state index in [0.717, 1.165) is 4.60 Å². The summed E-state index contributed by atoms with van der Waals surface area (Å²) in [6.45, 7) is 0. The lowest BCUT2D eigenvalue weighted by Crippen LogP contribution is -2.36. The number of aryl methyl sites for hydroxylation is 1. The number of aromatic nitrogens is 2. The van der Waals surface area contributed by atoms with Crippen LogP contribution in [-0.4, -0.2) is 9.78 Å². The summed E-state index contributed by atoms with van der Waals surface area (Å²) in [6, 6.07) is 0.242. The second-order valence-corrected chi connectivity index (χ2v) is 4.60. The lowest BCUT2D eigenvalue weighted by atomic mass is 9.78. The van der Waals surface area contributed by atoms with E-state index in [4.69, 9.17) is 5.84 Å². The van der Waals surface area contributed by atoms with E-state index in [0.29, 0.717) is 5.92 Å². The summed E-state index contributed by atoms with van der Waals surface area (Å²) in [4.78, 5) is 0. The Hall–Kier alpha value is -0.390. The van der Waals surface area contributed by atoms with Gasteiger partial charge in [-0.15, -0.1) is 0 Å². The SMILES string of the molecule is Cn1ncc(C(NN)C2CCC2)c1Br. The molecule has 1 saturated carbocycles. The molecule has 4 nitrogen and oxygen atoms in total. The highest BCUT2D eigenvalue weighted by Gasteiger charge is 2.30. The maximum absolute atomic E-state index is 5.59. The number of nitrogens with one attached hydrogen (secondary N) is 1. The third kappa shape index (κ3) is 1.60. The Morgan fingerprint density at radius 3 is 2.79 bits per heavy atom. The summed E-state index contributed by atoms with van der Waals surface area (Å²) in [5, 5.41) is 4.20. The average Bonchev–Trinajstić information content (AvgIpc) is 2.41. The van der Waals surface area contributed by atoms with Crippen molar-refractivity contribution < 1.29 is 0 Å². The normalized spacial score (nSPS) is 19.4. The van der Waals surface area contributed by atoms with E-state index in [1.807, 2.05) is 17.9 Å². The summed E-state index contributed by atoms with van der Waals surface area (Å²) in [5.74, 6) is 6.25. The predicted octanol–water partition coefficient (Wildman–Crippen LogP) is 1.49. The molecule has 1 aromatic heterocycles. The van der Waals surface area contributed by atoms with Gasteiger partial charge in [-0.1, -0.05) is 6.42 Å². The fraction of sp³-hybridized carbons (Fsp3) is 0.667. The maximum atomic E-state index is 5.59. The molecule has 1 atom stereocenters. The van der Waals surface area contributed by atoms with Crippen molar-refractivity contribution >= 4 is 15.9 Å². The van der Waals surface area contributed by atoms with Gasteiger partial charge in [0.15, 0.2) is 0 Å². The molecular formula is C9H15BrN4. The Morgan fingerprint density at radius 2 is 2.43 bits per heavy atom. The Labute approximate surface area is 91.9 Å². The largest absolute Gasteiger partial charge is 0.271 e. The molecule has 0 saturated heterocycles. The molecule has 0 radical (unpaired) electrons. The van der Waals surface area contributed by atoms with Crippen LogP contribution in [0.1, 0.15) is 30.9 Å². The van der Waals surface area contributed by atoms with E-state index in [-0.39, 0.29) is 6.04 Å². The van der Waals surface area contributed by atoms with Crippen molar-refractivity contribution in [3.05, 3.63) is 16.4 Å². The first-order valence-electron chi connectivity index (χ1n) is 4.87. The Morgan fingerprint density at radius 1 is 1.71 bits per heavy atom. The summed E-state index contributed by atoms with van der Waals surface area (Å²) >= 11 is 3.52. The molecule has 1 fully saturated rings. The zero-order valence-electron chi connectivity index (χ0n) is 8.20. The molecule has 0 spiro atoms. The van der Waals surface area contributed by atoms with Gasteiger partial charge in [-0.05, 0) is 34.7 Å². The number of hydrazine groups is 1. The molecule has 0 aliphatic heterocycles. The molecule has 1 heterocycles. The van der Waals surface area contributed by atoms with Crippen LogP contribution in [0.25, 0.3) is 0 Å². The fourth-order valence-electron chi connectivity index (χ4n) is 1.90. The van der Waals surface area contributed by atoms with Crippen LogP contribution >= 0.6 is 15.9 Å². The lowest BCUT2D eigenvalue weighted by Gasteiger charge is -2.32. The van der Waals surface area contributed by atoms with Gasteiger partial charge >= 0.3 is 0 Å². The van der Waals surface area contributed by atoms with Gasteiger partial charge in [-0.25, -0.2) is 0 Å². The van der Waals surface area contributed by atoms with Crippen LogP contribution < -0.4 is 11.3 Å². The highest BCUT2D eigenvalue weighted by atomic mass is 79.9. The summed E-state index contributed by atoms with van der Waals surface area (Å²) in [6.07, 6.45) is 5.72. The van der Waals surface area contributed by atoms with E-state index in [9.17, 15) is 0 Å². The zero-order valence-corrected chi connectivity index (χ0v) is 9.79. The van der Waals surface area contributed by atoms with Gasteiger partial charge in [0, 0.05) is 12.6 Å². The van der Waals surface area contributed by atoms with Gasteiger partial charge in [0.1, 0.15) is 4.60 Å². The number of nitrogens with two attached hydrogens (primary N) is 1. The number of hydrogen-bond donors (Lipinski definition) is 2. The van der Waals surface area contributed by atoms with E-state index < -0.39 is 0 Å². The Bertz CT molecular complexity index is 319. The first-order chi connectivity index (χ1) is 6.74. The van der Waals surface area contributed by atoms with E-state index in [2.05, 4.69) is 26.5 Å². The third-order valence-electron chi connectivity index (χ3n) is 3.03. The Kier molecular flexibility index (Phi) is 2.90. The topological polar surface area (TPSA) is 55.9 Å². The molecule has 1 aliphatic carbocycles. The second kappa shape index (κ2) is 4.00. The summed E-state index contributed by atoms with van der Waals surface area (Å²) in [5.41, 5.74) is 4.06. The fourth-order valence-corrected chi connectivity index (χ4v) is 2.34. The van der Waals surface area contributed by atoms with Crippen molar-refractivity contribution in [1.82, 2.24) is 15.2 Å². The minimum atomic E-state index is 0.242. The van der Waals surface area contributed by atoms with Gasteiger partial charge in [0.05, 0.1) is 12.2 Å². The smallest absolute Gasteiger partial charge is 0.108 e. The molecule has 5 heteroatoms. The molecule has 14 heavy (non-hydrogen) atoms. The molecule has 78 valence electrons. The van der Waals surface area contributed by atoms with E-state index in [1.54, 1.807) is 0 Å². The zero-order chi connectivity index (χ0) is 10.1. The molecule has 1 aliphatic rings. The van der Waals surface area contributed by atoms with Gasteiger partial charge in [0.2, 0.25) is 0 Å². The van der Waals surface area contributed by atoms with Gasteiger partial charge in [0.25, 0.3) is 0 Å². The molecule has 2 rings (SSSR count). The molecule has 0 amide bonds. The van der Waals surface area contributed by atoms with Crippen molar-refractivity contribution in [2.75, 3.05) is 0 Å². The number of nitrogens with zero attached hydrogens (tertiary/aromatic N) is 2. The van der Waals surface area contributed by atoms with Crippen molar-refractivity contribution in [2.45, 2.75) is 25.3 Å². The van der Waals surface area contributed by atoms with Crippen LogP contribution in [0, 0.1) is 5.92 Å². The van der Waals surface area contributed by atoms with Crippen LogP contribution in [0.5, 0.6) is 0 Å². The Balaban J connectivity index is 2.22. The average molecular weight is 259 g/mol. The van der Waals surface area contributed by atoms with Gasteiger partial charge in [-0.3, -0.25) is 16.0 Å². The molecule has 3 N–H and O–H groups in total. The number of halogens is 1. The van der Waals surface area contributed by atoms with Crippen molar-refractivity contribution in [2.24, 2.45) is 18.8 Å². The van der Waals surface area contributed by atoms with Crippen molar-refractivity contribution in [3.63, 3.8) is 0 Å². The molecule has 1 unspecified atom stereocenters. The third-order valence-corrected chi connectivity index (χ3v) is 4.00. The summed E-state index contributed by atoms with van der Waals surface area (Å²) in [7, 11) is 1.92. The predicted molar refractivity (Wildman–Crippen MR) is 58.3 cm³/mol. The quantitative estimate of drug-likeness (QED) is 0.638. The van der Waals surface area contributed by atoms with E-state index >= 15 is 0 Å². The summed E-state index contributed by atoms with van der Waals surface area (Å²) < 4.78 is 2.84. The van der Waals surface area contributed by atoms with Crippen molar-refractivity contribution in [3.8, 4) is 0 Å². The highest BCUT2D eigenvalue weighted by Crippen LogP contribution is 2.39. The van der Waals surface area contributed by atoms with Crippen LogP contribution in [0.2, 0.25) is 0 Å². The minimum absolute atomic E-state index is 0.242. The number of rotatable bonds is 3. The first-order valence-corrected chi connectivity index (χ1v) is 5.67. The standard InChI is InChI=1S/C9H15BrN4/c1-14-9(10)7(5-12-14)8(13-11)6-3-2-4-6/h5-6,8,13H,2-4,11H2,1H3. The van der Waals surface area contributed by atoms with Crippen LogP contribution in [0.3, 0.4) is 0 Å². The first kappa shape index (κ1) is 10.1. The van der Waals surface area contributed by atoms with E-state index in [1.165, 1.54) is 24.8 Å². The van der Waals surface area contributed by atoms with Crippen LogP contribution in [0.15, 0.2) is 10.8 Å². The number of hydrogen-bond acceptors (Lipinski definition) is 3. The molecular weight excluding hydrogens is 244 g/mol. The highest BCUT2D eigenvalue weighted by molar-refractivity contribution is 9.10.